The lowest BCUT2D eigenvalue weighted by atomic mass is 10.1. The van der Waals surface area contributed by atoms with Crippen molar-refractivity contribution < 1.29 is 4.92 Å². The highest BCUT2D eigenvalue weighted by Crippen LogP contribution is 2.33. The van der Waals surface area contributed by atoms with E-state index in [9.17, 15) is 10.1 Å². The lowest BCUT2D eigenvalue weighted by Crippen LogP contribution is -2.05. The maximum Gasteiger partial charge on any atom is 0.353 e. The van der Waals surface area contributed by atoms with Crippen LogP contribution in [-0.4, -0.2) is 14.9 Å². The first-order chi connectivity index (χ1) is 12.6. The molecule has 1 aromatic heterocycles. The van der Waals surface area contributed by atoms with Crippen LogP contribution >= 0.6 is 15.9 Å². The topological polar surface area (TPSA) is 93.0 Å². The Morgan fingerprint density at radius 3 is 2.27 bits per heavy atom. The summed E-state index contributed by atoms with van der Waals surface area (Å²) in [5, 5.41) is 17.6. The van der Waals surface area contributed by atoms with E-state index in [4.69, 9.17) is 0 Å². The molecule has 0 fully saturated rings. The molecule has 0 atom stereocenters. The fourth-order valence-corrected chi connectivity index (χ4v) is 2.80. The van der Waals surface area contributed by atoms with Crippen LogP contribution in [0.5, 0.6) is 0 Å². The fourth-order valence-electron chi connectivity index (χ4n) is 2.40. The molecule has 3 aromatic rings. The molecular weight excluding hydrogens is 398 g/mol. The molecule has 0 bridgehead atoms. The fraction of sp³-hybridized carbons (Fsp3) is 0.111. The van der Waals surface area contributed by atoms with E-state index in [-0.39, 0.29) is 17.3 Å². The molecule has 26 heavy (non-hydrogen) atoms. The summed E-state index contributed by atoms with van der Waals surface area (Å²) in [5.41, 5.74) is 2.37. The molecule has 0 radical (unpaired) electrons. The quantitative estimate of drug-likeness (QED) is 0.426. The number of hydrogen-bond acceptors (Lipinski definition) is 6. The van der Waals surface area contributed by atoms with Crippen molar-refractivity contribution in [2.75, 3.05) is 10.6 Å². The van der Waals surface area contributed by atoms with E-state index in [2.05, 4.69) is 43.5 Å². The molecule has 0 saturated heterocycles. The zero-order chi connectivity index (χ0) is 18.5. The number of nitrogens with one attached hydrogen (secondary N) is 2. The third kappa shape index (κ3) is 4.15. The summed E-state index contributed by atoms with van der Waals surface area (Å²) in [4.78, 5) is 19.2. The Balaban J connectivity index is 1.93. The van der Waals surface area contributed by atoms with Gasteiger partial charge in [-0.05, 0) is 42.3 Å². The predicted molar refractivity (Wildman–Crippen MR) is 105 cm³/mol. The molecule has 0 unspecified atom stereocenters. The zero-order valence-electron chi connectivity index (χ0n) is 13.9. The Hall–Kier alpha value is -3.00. The number of nitro groups is 1. The first-order valence-corrected chi connectivity index (χ1v) is 8.74. The summed E-state index contributed by atoms with van der Waals surface area (Å²) >= 11 is 3.37. The number of rotatable bonds is 6. The minimum absolute atomic E-state index is 0.121. The van der Waals surface area contributed by atoms with E-state index >= 15 is 0 Å². The second-order valence-electron chi connectivity index (χ2n) is 5.49. The highest BCUT2D eigenvalue weighted by atomic mass is 79.9. The summed E-state index contributed by atoms with van der Waals surface area (Å²) in [6.07, 6.45) is 2.21. The van der Waals surface area contributed by atoms with Gasteiger partial charge in [0.2, 0.25) is 11.6 Å². The normalized spacial score (nSPS) is 10.4. The van der Waals surface area contributed by atoms with E-state index in [1.54, 1.807) is 6.07 Å². The molecule has 0 amide bonds. The standard InChI is InChI=1S/C18H16BrN5O2/c1-2-12-6-8-14(9-7-12)22-17-16(24(25)26)18(21-11-20-17)23-15-5-3-4-13(19)10-15/h3-11H,2H2,1H3,(H2,20,21,22,23). The minimum Gasteiger partial charge on any atom is -0.334 e. The molecule has 132 valence electrons. The van der Waals surface area contributed by atoms with Gasteiger partial charge in [-0.25, -0.2) is 9.97 Å². The Morgan fingerprint density at radius 2 is 1.69 bits per heavy atom. The van der Waals surface area contributed by atoms with Crippen LogP contribution in [0.4, 0.5) is 28.7 Å². The maximum atomic E-state index is 11.6. The molecule has 2 aromatic carbocycles. The Bertz CT molecular complexity index is 931. The van der Waals surface area contributed by atoms with Crippen molar-refractivity contribution in [1.29, 1.82) is 0 Å². The van der Waals surface area contributed by atoms with E-state index in [0.29, 0.717) is 5.69 Å². The molecule has 3 rings (SSSR count). The average molecular weight is 414 g/mol. The molecule has 0 saturated carbocycles. The molecule has 7 nitrogen and oxygen atoms in total. The molecule has 0 aliphatic carbocycles. The number of benzene rings is 2. The van der Waals surface area contributed by atoms with E-state index in [1.807, 2.05) is 42.5 Å². The van der Waals surface area contributed by atoms with Crippen molar-refractivity contribution >= 4 is 44.6 Å². The van der Waals surface area contributed by atoms with Crippen LogP contribution < -0.4 is 10.6 Å². The highest BCUT2D eigenvalue weighted by Gasteiger charge is 2.23. The van der Waals surface area contributed by atoms with Crippen molar-refractivity contribution in [3.8, 4) is 0 Å². The van der Waals surface area contributed by atoms with Gasteiger partial charge in [0.25, 0.3) is 0 Å². The first kappa shape index (κ1) is 17.8. The lowest BCUT2D eigenvalue weighted by molar-refractivity contribution is -0.383. The van der Waals surface area contributed by atoms with Gasteiger partial charge in [-0.1, -0.05) is 41.1 Å². The van der Waals surface area contributed by atoms with Crippen molar-refractivity contribution in [3.05, 3.63) is 75.0 Å². The van der Waals surface area contributed by atoms with Gasteiger partial charge in [0.1, 0.15) is 6.33 Å². The van der Waals surface area contributed by atoms with Gasteiger partial charge in [-0.3, -0.25) is 10.1 Å². The number of aryl methyl sites for hydroxylation is 1. The summed E-state index contributed by atoms with van der Waals surface area (Å²) in [7, 11) is 0. The molecule has 1 heterocycles. The van der Waals surface area contributed by atoms with Crippen LogP contribution in [0.1, 0.15) is 12.5 Å². The Kier molecular flexibility index (Phi) is 5.43. The lowest BCUT2D eigenvalue weighted by Gasteiger charge is -2.10. The van der Waals surface area contributed by atoms with Crippen LogP contribution in [0, 0.1) is 10.1 Å². The van der Waals surface area contributed by atoms with Crippen molar-refractivity contribution in [2.45, 2.75) is 13.3 Å². The summed E-state index contributed by atoms with van der Waals surface area (Å²) in [6.45, 7) is 2.07. The summed E-state index contributed by atoms with van der Waals surface area (Å²) < 4.78 is 0.855. The zero-order valence-corrected chi connectivity index (χ0v) is 15.5. The molecule has 8 heteroatoms. The first-order valence-electron chi connectivity index (χ1n) is 7.94. The van der Waals surface area contributed by atoms with Crippen molar-refractivity contribution in [2.24, 2.45) is 0 Å². The van der Waals surface area contributed by atoms with Gasteiger partial charge in [0.05, 0.1) is 4.92 Å². The van der Waals surface area contributed by atoms with Gasteiger partial charge in [0.15, 0.2) is 0 Å². The second kappa shape index (κ2) is 7.92. The number of aromatic nitrogens is 2. The molecule has 0 aliphatic heterocycles. The Morgan fingerprint density at radius 1 is 1.04 bits per heavy atom. The van der Waals surface area contributed by atoms with Crippen LogP contribution in [0.15, 0.2) is 59.3 Å². The SMILES string of the molecule is CCc1ccc(Nc2ncnc(Nc3cccc(Br)c3)c2[N+](=O)[O-])cc1. The number of nitrogens with zero attached hydrogens (tertiary/aromatic N) is 3. The minimum atomic E-state index is -0.497. The second-order valence-corrected chi connectivity index (χ2v) is 6.40. The van der Waals surface area contributed by atoms with Gasteiger partial charge >= 0.3 is 5.69 Å². The van der Waals surface area contributed by atoms with Crippen LogP contribution in [-0.2, 0) is 6.42 Å². The number of halogens is 1. The monoisotopic (exact) mass is 413 g/mol. The maximum absolute atomic E-state index is 11.6. The largest absolute Gasteiger partial charge is 0.353 e. The van der Waals surface area contributed by atoms with Gasteiger partial charge < -0.3 is 10.6 Å². The third-order valence-electron chi connectivity index (χ3n) is 3.72. The summed E-state index contributed by atoms with van der Waals surface area (Å²) in [5.74, 6) is 0.252. The average Bonchev–Trinajstić information content (AvgIpc) is 2.62. The van der Waals surface area contributed by atoms with Crippen LogP contribution in [0.3, 0.4) is 0 Å². The molecule has 2 N–H and O–H groups in total. The molecule has 0 aliphatic rings. The van der Waals surface area contributed by atoms with Crippen molar-refractivity contribution in [3.63, 3.8) is 0 Å². The summed E-state index contributed by atoms with van der Waals surface area (Å²) in [6, 6.07) is 15.0. The Labute approximate surface area is 158 Å². The van der Waals surface area contributed by atoms with E-state index < -0.39 is 4.92 Å². The smallest absolute Gasteiger partial charge is 0.334 e. The predicted octanol–water partition coefficient (Wildman–Crippen LogP) is 5.20. The van der Waals surface area contributed by atoms with Crippen molar-refractivity contribution in [1.82, 2.24) is 9.97 Å². The number of anilines is 4. The number of hydrogen-bond donors (Lipinski definition) is 2. The highest BCUT2D eigenvalue weighted by molar-refractivity contribution is 9.10. The van der Waals surface area contributed by atoms with Crippen LogP contribution in [0.2, 0.25) is 0 Å². The van der Waals surface area contributed by atoms with Crippen LogP contribution in [0.25, 0.3) is 0 Å². The van der Waals surface area contributed by atoms with Gasteiger partial charge in [0, 0.05) is 15.8 Å². The van der Waals surface area contributed by atoms with Gasteiger partial charge in [-0.2, -0.15) is 0 Å². The van der Waals surface area contributed by atoms with E-state index in [0.717, 1.165) is 16.6 Å². The van der Waals surface area contributed by atoms with Gasteiger partial charge in [-0.15, -0.1) is 0 Å². The molecular formula is C18H16BrN5O2. The van der Waals surface area contributed by atoms with E-state index in [1.165, 1.54) is 11.9 Å². The molecule has 0 spiro atoms. The third-order valence-corrected chi connectivity index (χ3v) is 4.21.